The van der Waals surface area contributed by atoms with E-state index in [0.29, 0.717) is 0 Å². The fourth-order valence-electron chi connectivity index (χ4n) is 5.01. The summed E-state index contributed by atoms with van der Waals surface area (Å²) in [5.74, 6) is 0. The Morgan fingerprint density at radius 1 is 0.600 bits per heavy atom. The van der Waals surface area contributed by atoms with Crippen LogP contribution in [0.15, 0.2) is 54.6 Å². The van der Waals surface area contributed by atoms with E-state index in [9.17, 15) is 0 Å². The predicted octanol–water partition coefficient (Wildman–Crippen LogP) is 6.95. The smallest absolute Gasteiger partial charge is 0.0412 e. The number of rotatable bonds is 0. The molecule has 0 saturated carbocycles. The lowest BCUT2D eigenvalue weighted by Crippen LogP contribution is -2.17. The number of hydrogen-bond acceptors (Lipinski definition) is 0. The van der Waals surface area contributed by atoms with Crippen LogP contribution in [0.5, 0.6) is 0 Å². The van der Waals surface area contributed by atoms with Gasteiger partial charge in [-0.15, -0.1) is 0 Å². The molecule has 0 radical (unpaired) electrons. The standard InChI is InChI=1S/C24H21Cl/c1-23(2)17-8-6-5-7-15(17)21-19(23)11-12-20-22(21)16-13-14(25)9-10-18(16)24(20,3)4/h5-13H,1-4H3. The van der Waals surface area contributed by atoms with Crippen LogP contribution in [0.3, 0.4) is 0 Å². The van der Waals surface area contributed by atoms with Gasteiger partial charge >= 0.3 is 0 Å². The molecule has 0 unspecified atom stereocenters. The molecule has 0 N–H and O–H groups in total. The third kappa shape index (κ3) is 1.74. The minimum absolute atomic E-state index is 0.00591. The third-order valence-electron chi connectivity index (χ3n) is 6.35. The zero-order chi connectivity index (χ0) is 17.6. The van der Waals surface area contributed by atoms with E-state index in [1.54, 1.807) is 0 Å². The monoisotopic (exact) mass is 344 g/mol. The Balaban J connectivity index is 1.97. The fourth-order valence-corrected chi connectivity index (χ4v) is 5.18. The molecule has 0 atom stereocenters. The Morgan fingerprint density at radius 2 is 1.12 bits per heavy atom. The Morgan fingerprint density at radius 3 is 1.80 bits per heavy atom. The highest BCUT2D eigenvalue weighted by Crippen LogP contribution is 2.58. The van der Waals surface area contributed by atoms with Gasteiger partial charge in [-0.25, -0.2) is 0 Å². The first-order valence-electron chi connectivity index (χ1n) is 8.92. The van der Waals surface area contributed by atoms with Gasteiger partial charge in [-0.2, -0.15) is 0 Å². The lowest BCUT2D eigenvalue weighted by Gasteiger charge is -2.24. The summed E-state index contributed by atoms with van der Waals surface area (Å²) in [6.07, 6.45) is 0. The molecule has 0 saturated heterocycles. The van der Waals surface area contributed by atoms with Crippen LogP contribution in [0.1, 0.15) is 49.9 Å². The molecule has 3 aromatic carbocycles. The number of halogens is 1. The first kappa shape index (κ1) is 15.2. The second-order valence-corrected chi connectivity index (χ2v) is 8.83. The van der Waals surface area contributed by atoms with Crippen molar-refractivity contribution >= 4 is 11.6 Å². The van der Waals surface area contributed by atoms with Gasteiger partial charge < -0.3 is 0 Å². The SMILES string of the molecule is CC1(C)c2ccccc2-c2c1ccc1c2-c2cc(Cl)ccc2C1(C)C. The van der Waals surface area contributed by atoms with Crippen molar-refractivity contribution < 1.29 is 0 Å². The van der Waals surface area contributed by atoms with Crippen molar-refractivity contribution in [1.82, 2.24) is 0 Å². The molecule has 0 aliphatic heterocycles. The van der Waals surface area contributed by atoms with Crippen LogP contribution in [0, 0.1) is 0 Å². The topological polar surface area (TPSA) is 0 Å². The zero-order valence-electron chi connectivity index (χ0n) is 15.1. The molecule has 0 bridgehead atoms. The molecule has 0 nitrogen and oxygen atoms in total. The lowest BCUT2D eigenvalue weighted by atomic mass is 9.79. The maximum absolute atomic E-state index is 6.39. The van der Waals surface area contributed by atoms with E-state index >= 15 is 0 Å². The molecule has 25 heavy (non-hydrogen) atoms. The number of hydrogen-bond donors (Lipinski definition) is 0. The Labute approximate surface area is 154 Å². The summed E-state index contributed by atoms with van der Waals surface area (Å²) in [7, 11) is 0. The second kappa shape index (κ2) is 4.56. The van der Waals surface area contributed by atoms with Gasteiger partial charge in [0.05, 0.1) is 0 Å². The van der Waals surface area contributed by atoms with Crippen molar-refractivity contribution in [2.75, 3.05) is 0 Å². The van der Waals surface area contributed by atoms with Gasteiger partial charge in [0.25, 0.3) is 0 Å². The summed E-state index contributed by atoms with van der Waals surface area (Å²) in [4.78, 5) is 0. The molecule has 5 rings (SSSR count). The van der Waals surface area contributed by atoms with Gasteiger partial charge in [0.1, 0.15) is 0 Å². The van der Waals surface area contributed by atoms with Crippen LogP contribution in [-0.2, 0) is 10.8 Å². The van der Waals surface area contributed by atoms with Crippen LogP contribution in [-0.4, -0.2) is 0 Å². The molecule has 0 heterocycles. The van der Waals surface area contributed by atoms with Crippen LogP contribution in [0.25, 0.3) is 22.3 Å². The summed E-state index contributed by atoms with van der Waals surface area (Å²) < 4.78 is 0. The van der Waals surface area contributed by atoms with Gasteiger partial charge in [-0.1, -0.05) is 81.8 Å². The molecule has 0 aromatic heterocycles. The van der Waals surface area contributed by atoms with Gasteiger partial charge in [0, 0.05) is 15.9 Å². The van der Waals surface area contributed by atoms with Crippen molar-refractivity contribution in [1.29, 1.82) is 0 Å². The van der Waals surface area contributed by atoms with Crippen LogP contribution < -0.4 is 0 Å². The molecule has 0 spiro atoms. The molecule has 1 heteroatoms. The van der Waals surface area contributed by atoms with Crippen molar-refractivity contribution in [2.45, 2.75) is 38.5 Å². The van der Waals surface area contributed by atoms with Gasteiger partial charge in [0.15, 0.2) is 0 Å². The maximum atomic E-state index is 6.39. The molecular weight excluding hydrogens is 324 g/mol. The number of benzene rings is 3. The average molecular weight is 345 g/mol. The summed E-state index contributed by atoms with van der Waals surface area (Å²) in [5.41, 5.74) is 11.2. The Bertz CT molecular complexity index is 1050. The van der Waals surface area contributed by atoms with Crippen LogP contribution >= 0.6 is 11.6 Å². The molecule has 0 amide bonds. The predicted molar refractivity (Wildman–Crippen MR) is 107 cm³/mol. The van der Waals surface area contributed by atoms with E-state index in [4.69, 9.17) is 11.6 Å². The van der Waals surface area contributed by atoms with E-state index in [-0.39, 0.29) is 10.8 Å². The van der Waals surface area contributed by atoms with E-state index in [1.165, 1.54) is 44.5 Å². The van der Waals surface area contributed by atoms with Crippen LogP contribution in [0.4, 0.5) is 0 Å². The van der Waals surface area contributed by atoms with Crippen molar-refractivity contribution in [3.05, 3.63) is 81.9 Å². The highest BCUT2D eigenvalue weighted by Gasteiger charge is 2.43. The van der Waals surface area contributed by atoms with Crippen LogP contribution in [0.2, 0.25) is 5.02 Å². The minimum atomic E-state index is 0.00591. The molecule has 2 aliphatic carbocycles. The molecular formula is C24H21Cl. The normalized spacial score (nSPS) is 17.6. The van der Waals surface area contributed by atoms with E-state index < -0.39 is 0 Å². The summed E-state index contributed by atoms with van der Waals surface area (Å²) in [5, 5.41) is 0.811. The maximum Gasteiger partial charge on any atom is 0.0412 e. The zero-order valence-corrected chi connectivity index (χ0v) is 15.8. The Kier molecular flexibility index (Phi) is 2.78. The summed E-state index contributed by atoms with van der Waals surface area (Å²) >= 11 is 6.39. The largest absolute Gasteiger partial charge is 0.0843 e. The van der Waals surface area contributed by atoms with E-state index in [0.717, 1.165) is 5.02 Å². The quantitative estimate of drug-likeness (QED) is 0.413. The molecule has 124 valence electrons. The van der Waals surface area contributed by atoms with Crippen molar-refractivity contribution in [2.24, 2.45) is 0 Å². The fraction of sp³-hybridized carbons (Fsp3) is 0.250. The Hall–Kier alpha value is -2.05. The van der Waals surface area contributed by atoms with Crippen molar-refractivity contribution in [3.63, 3.8) is 0 Å². The van der Waals surface area contributed by atoms with Gasteiger partial charge in [-0.05, 0) is 56.6 Å². The van der Waals surface area contributed by atoms with Gasteiger partial charge in [0.2, 0.25) is 0 Å². The van der Waals surface area contributed by atoms with E-state index in [1.807, 2.05) is 6.07 Å². The van der Waals surface area contributed by atoms with Crippen molar-refractivity contribution in [3.8, 4) is 22.3 Å². The molecule has 3 aromatic rings. The summed E-state index contributed by atoms with van der Waals surface area (Å²) in [6.45, 7) is 9.32. The minimum Gasteiger partial charge on any atom is -0.0843 e. The second-order valence-electron chi connectivity index (χ2n) is 8.40. The molecule has 2 aliphatic rings. The summed E-state index contributed by atoms with van der Waals surface area (Å²) in [6, 6.07) is 19.9. The number of fused-ring (bicyclic) bond motifs is 7. The average Bonchev–Trinajstić information content (AvgIpc) is 2.95. The highest BCUT2D eigenvalue weighted by molar-refractivity contribution is 6.31. The highest BCUT2D eigenvalue weighted by atomic mass is 35.5. The lowest BCUT2D eigenvalue weighted by molar-refractivity contribution is 0.651. The first-order chi connectivity index (χ1) is 11.8. The third-order valence-corrected chi connectivity index (χ3v) is 6.58. The van der Waals surface area contributed by atoms with Gasteiger partial charge in [-0.3, -0.25) is 0 Å². The van der Waals surface area contributed by atoms with E-state index in [2.05, 4.69) is 76.2 Å². The molecule has 0 fully saturated rings. The first-order valence-corrected chi connectivity index (χ1v) is 9.29.